The van der Waals surface area contributed by atoms with E-state index in [0.717, 1.165) is 17.0 Å². The van der Waals surface area contributed by atoms with Crippen molar-refractivity contribution in [2.75, 3.05) is 4.90 Å². The lowest BCUT2D eigenvalue weighted by Crippen LogP contribution is -2.33. The van der Waals surface area contributed by atoms with E-state index in [0.29, 0.717) is 6.42 Å². The third-order valence-electron chi connectivity index (χ3n) is 3.19. The summed E-state index contributed by atoms with van der Waals surface area (Å²) in [7, 11) is 0. The molecule has 5 heteroatoms. The van der Waals surface area contributed by atoms with Crippen molar-refractivity contribution >= 4 is 17.5 Å². The summed E-state index contributed by atoms with van der Waals surface area (Å²) < 4.78 is 13.0. The maximum Gasteiger partial charge on any atom is 0.237 e. The molecule has 2 unspecified atom stereocenters. The fourth-order valence-corrected chi connectivity index (χ4v) is 2.21. The summed E-state index contributed by atoms with van der Waals surface area (Å²) >= 11 is 0. The predicted molar refractivity (Wildman–Crippen MR) is 55.2 cm³/mol. The van der Waals surface area contributed by atoms with Crippen LogP contribution in [0.2, 0.25) is 0 Å². The molecule has 1 heterocycles. The minimum atomic E-state index is -0.561. The lowest BCUT2D eigenvalue weighted by molar-refractivity contribution is -0.123. The Morgan fingerprint density at radius 1 is 1.29 bits per heavy atom. The van der Waals surface area contributed by atoms with Gasteiger partial charge in [-0.1, -0.05) is 0 Å². The lowest BCUT2D eigenvalue weighted by Gasteiger charge is -2.17. The maximum atomic E-state index is 13.0. The maximum absolute atomic E-state index is 13.0. The summed E-state index contributed by atoms with van der Waals surface area (Å²) in [5.74, 6) is -1.56. The zero-order chi connectivity index (χ0) is 12.2. The van der Waals surface area contributed by atoms with Gasteiger partial charge in [-0.05, 0) is 24.6 Å². The molecular formula is C12H7FN2O2. The van der Waals surface area contributed by atoms with Gasteiger partial charge in [-0.25, -0.2) is 9.29 Å². The van der Waals surface area contributed by atoms with Crippen molar-refractivity contribution in [3.05, 3.63) is 29.6 Å². The van der Waals surface area contributed by atoms with E-state index in [1.54, 1.807) is 6.07 Å². The normalized spacial score (nSPS) is 25.8. The smallest absolute Gasteiger partial charge is 0.237 e. The van der Waals surface area contributed by atoms with Gasteiger partial charge in [0.25, 0.3) is 0 Å². The summed E-state index contributed by atoms with van der Waals surface area (Å²) in [6.45, 7) is 0. The van der Waals surface area contributed by atoms with Gasteiger partial charge >= 0.3 is 0 Å². The molecular weight excluding hydrogens is 223 g/mol. The fourth-order valence-electron chi connectivity index (χ4n) is 2.21. The minimum absolute atomic E-state index is 0.00741. The van der Waals surface area contributed by atoms with E-state index in [1.165, 1.54) is 6.07 Å². The Labute approximate surface area is 96.3 Å². The highest BCUT2D eigenvalue weighted by molar-refractivity contribution is 6.25. The Balaban J connectivity index is 2.08. The Morgan fingerprint density at radius 3 is 2.53 bits per heavy atom. The van der Waals surface area contributed by atoms with E-state index in [4.69, 9.17) is 5.26 Å². The molecule has 0 spiro atoms. The molecule has 1 aromatic rings. The van der Waals surface area contributed by atoms with Gasteiger partial charge in [0, 0.05) is 0 Å². The topological polar surface area (TPSA) is 61.2 Å². The lowest BCUT2D eigenvalue weighted by atomic mass is 10.1. The molecule has 17 heavy (non-hydrogen) atoms. The van der Waals surface area contributed by atoms with Crippen LogP contribution in [0, 0.1) is 29.0 Å². The molecule has 2 atom stereocenters. The second-order valence-corrected chi connectivity index (χ2v) is 4.23. The first kappa shape index (κ1) is 9.97. The van der Waals surface area contributed by atoms with Crippen LogP contribution in [0.3, 0.4) is 0 Å². The van der Waals surface area contributed by atoms with Gasteiger partial charge in [-0.15, -0.1) is 0 Å². The highest BCUT2D eigenvalue weighted by atomic mass is 19.1. The van der Waals surface area contributed by atoms with E-state index in [9.17, 15) is 14.0 Å². The molecule has 1 aromatic carbocycles. The highest BCUT2D eigenvalue weighted by Gasteiger charge is 2.59. The number of hydrogen-bond acceptors (Lipinski definition) is 3. The predicted octanol–water partition coefficient (Wildman–Crippen LogP) is 1.21. The summed E-state index contributed by atoms with van der Waals surface area (Å²) in [5.41, 5.74) is 0.198. The molecule has 2 amide bonds. The van der Waals surface area contributed by atoms with Crippen molar-refractivity contribution in [1.29, 1.82) is 5.26 Å². The molecule has 0 aromatic heterocycles. The van der Waals surface area contributed by atoms with Crippen molar-refractivity contribution in [3.8, 4) is 6.07 Å². The average Bonchev–Trinajstić information content (AvgIpc) is 3.06. The minimum Gasteiger partial charge on any atom is -0.274 e. The molecule has 4 nitrogen and oxygen atoms in total. The number of halogens is 1. The quantitative estimate of drug-likeness (QED) is 0.681. The van der Waals surface area contributed by atoms with Crippen LogP contribution in [0.15, 0.2) is 18.2 Å². The Bertz CT molecular complexity index is 571. The van der Waals surface area contributed by atoms with Crippen molar-refractivity contribution in [1.82, 2.24) is 0 Å². The summed E-state index contributed by atoms with van der Waals surface area (Å²) in [6.07, 6.45) is 0.608. The molecule has 0 radical (unpaired) electrons. The SMILES string of the molecule is N#Cc1cc(F)ccc1N1C(=O)C2CC2C1=O. The van der Waals surface area contributed by atoms with Crippen LogP contribution in [-0.4, -0.2) is 11.8 Å². The number of benzene rings is 1. The number of anilines is 1. The number of piperidine rings is 1. The van der Waals surface area contributed by atoms with Crippen molar-refractivity contribution in [2.24, 2.45) is 11.8 Å². The number of carbonyl (C=O) groups excluding carboxylic acids is 2. The number of nitriles is 1. The van der Waals surface area contributed by atoms with Crippen molar-refractivity contribution in [2.45, 2.75) is 6.42 Å². The molecule has 1 saturated carbocycles. The molecule has 1 aliphatic carbocycles. The second kappa shape index (κ2) is 3.14. The van der Waals surface area contributed by atoms with Gasteiger partial charge < -0.3 is 0 Å². The molecule has 3 rings (SSSR count). The first-order valence-electron chi connectivity index (χ1n) is 5.21. The molecule has 0 bridgehead atoms. The summed E-state index contributed by atoms with van der Waals surface area (Å²) in [5, 5.41) is 8.89. The number of hydrogen-bond donors (Lipinski definition) is 0. The van der Waals surface area contributed by atoms with Crippen LogP contribution in [0.25, 0.3) is 0 Å². The fraction of sp³-hybridized carbons (Fsp3) is 0.250. The number of amides is 2. The van der Waals surface area contributed by atoms with E-state index < -0.39 is 5.82 Å². The standard InChI is InChI=1S/C12H7FN2O2/c13-7-1-2-10(6(3-7)5-14)15-11(16)8-4-9(8)12(15)17/h1-3,8-9H,4H2. The van der Waals surface area contributed by atoms with Gasteiger partial charge in [-0.3, -0.25) is 9.59 Å². The zero-order valence-corrected chi connectivity index (χ0v) is 8.68. The van der Waals surface area contributed by atoms with Gasteiger partial charge in [0.05, 0.1) is 23.1 Å². The van der Waals surface area contributed by atoms with E-state index in [-0.39, 0.29) is 34.9 Å². The van der Waals surface area contributed by atoms with E-state index in [2.05, 4.69) is 0 Å². The molecule has 2 aliphatic rings. The number of nitrogens with zero attached hydrogens (tertiary/aromatic N) is 2. The average molecular weight is 230 g/mol. The van der Waals surface area contributed by atoms with Gasteiger partial charge in [0.2, 0.25) is 11.8 Å². The molecule has 84 valence electrons. The largest absolute Gasteiger partial charge is 0.274 e. The van der Waals surface area contributed by atoms with Crippen LogP contribution in [-0.2, 0) is 9.59 Å². The zero-order valence-electron chi connectivity index (χ0n) is 8.68. The number of rotatable bonds is 1. The van der Waals surface area contributed by atoms with Crippen LogP contribution >= 0.6 is 0 Å². The van der Waals surface area contributed by atoms with E-state index >= 15 is 0 Å². The molecule has 1 saturated heterocycles. The van der Waals surface area contributed by atoms with Crippen molar-refractivity contribution < 1.29 is 14.0 Å². The molecule has 2 fully saturated rings. The van der Waals surface area contributed by atoms with Gasteiger partial charge in [0.1, 0.15) is 11.9 Å². The van der Waals surface area contributed by atoms with Crippen LogP contribution < -0.4 is 4.90 Å². The van der Waals surface area contributed by atoms with Crippen LogP contribution in [0.4, 0.5) is 10.1 Å². The highest BCUT2D eigenvalue weighted by Crippen LogP contribution is 2.48. The Kier molecular flexibility index (Phi) is 1.84. The third kappa shape index (κ3) is 1.27. The first-order valence-corrected chi connectivity index (χ1v) is 5.21. The summed E-state index contributed by atoms with van der Waals surface area (Å²) in [6, 6.07) is 5.27. The molecule has 1 aliphatic heterocycles. The van der Waals surface area contributed by atoms with Crippen LogP contribution in [0.5, 0.6) is 0 Å². The second-order valence-electron chi connectivity index (χ2n) is 4.23. The first-order chi connectivity index (χ1) is 8.13. The third-order valence-corrected chi connectivity index (χ3v) is 3.19. The van der Waals surface area contributed by atoms with Crippen molar-refractivity contribution in [3.63, 3.8) is 0 Å². The monoisotopic (exact) mass is 230 g/mol. The Hall–Kier alpha value is -2.22. The summed E-state index contributed by atoms with van der Waals surface area (Å²) in [4.78, 5) is 24.6. The Morgan fingerprint density at radius 2 is 1.94 bits per heavy atom. The number of carbonyl (C=O) groups is 2. The molecule has 0 N–H and O–H groups in total. The number of imide groups is 1. The van der Waals surface area contributed by atoms with Gasteiger partial charge in [0.15, 0.2) is 0 Å². The number of fused-ring (bicyclic) bond motifs is 1. The van der Waals surface area contributed by atoms with Gasteiger partial charge in [-0.2, -0.15) is 5.26 Å². The van der Waals surface area contributed by atoms with E-state index in [1.807, 2.05) is 0 Å². The van der Waals surface area contributed by atoms with Crippen LogP contribution in [0.1, 0.15) is 12.0 Å².